The van der Waals surface area contributed by atoms with Crippen LogP contribution in [0.4, 0.5) is 0 Å². The molecule has 1 heterocycles. The molecule has 4 bridgehead atoms. The van der Waals surface area contributed by atoms with E-state index in [0.29, 0.717) is 31.0 Å². The quantitative estimate of drug-likeness (QED) is 0.634. The predicted octanol–water partition coefficient (Wildman–Crippen LogP) is 1.80. The Hall–Kier alpha value is -0.340. The van der Waals surface area contributed by atoms with E-state index in [1.165, 1.54) is 36.4 Å². The van der Waals surface area contributed by atoms with Gasteiger partial charge < -0.3 is 5.32 Å². The van der Waals surface area contributed by atoms with Gasteiger partial charge in [-0.1, -0.05) is 11.0 Å². The molecule has 5 fully saturated rings. The summed E-state index contributed by atoms with van der Waals surface area (Å²) in [5.41, 5.74) is 0. The van der Waals surface area contributed by atoms with Crippen molar-refractivity contribution >= 4 is 16.9 Å². The third-order valence-corrected chi connectivity index (χ3v) is 7.74. The van der Waals surface area contributed by atoms with Crippen LogP contribution in [0, 0.1) is 23.7 Å². The molecule has 1 saturated heterocycles. The Balaban J connectivity index is 1.36. The van der Waals surface area contributed by atoms with Crippen LogP contribution in [0.3, 0.4) is 0 Å². The predicted molar refractivity (Wildman–Crippen MR) is 86.0 cm³/mol. The van der Waals surface area contributed by atoms with Crippen LogP contribution in [0.25, 0.3) is 0 Å². The van der Waals surface area contributed by atoms with Gasteiger partial charge in [-0.15, -0.1) is 0 Å². The van der Waals surface area contributed by atoms with E-state index in [4.69, 9.17) is 0 Å². The molecular weight excluding hydrogens is 302 g/mol. The van der Waals surface area contributed by atoms with E-state index in [-0.39, 0.29) is 12.5 Å². The Labute approximate surface area is 133 Å². The van der Waals surface area contributed by atoms with Crippen LogP contribution >= 0.6 is 11.0 Å². The third kappa shape index (κ3) is 2.78. The zero-order valence-electron chi connectivity index (χ0n) is 12.9. The molecule has 0 aromatic heterocycles. The number of rotatable bonds is 3. The first kappa shape index (κ1) is 15.2. The SMILES string of the molecule is O=C(CN1CCCNS1(O)O)NC1C2CC3CC(C2)CC1C3. The van der Waals surface area contributed by atoms with Gasteiger partial charge >= 0.3 is 0 Å². The molecule has 6 nitrogen and oxygen atoms in total. The average Bonchev–Trinajstić information content (AvgIpc) is 2.44. The maximum absolute atomic E-state index is 12.4. The van der Waals surface area contributed by atoms with Gasteiger partial charge in [-0.05, 0) is 62.2 Å². The van der Waals surface area contributed by atoms with E-state index >= 15 is 0 Å². The highest BCUT2D eigenvalue weighted by Gasteiger charge is 2.48. The summed E-state index contributed by atoms with van der Waals surface area (Å²) in [5.74, 6) is 3.05. The average molecular weight is 329 g/mol. The van der Waals surface area contributed by atoms with Gasteiger partial charge in [0.05, 0.1) is 6.54 Å². The maximum Gasteiger partial charge on any atom is 0.236 e. The number of hydrogen-bond acceptors (Lipinski definition) is 5. The maximum atomic E-state index is 12.4. The highest BCUT2D eigenvalue weighted by Crippen LogP contribution is 2.53. The first-order valence-electron chi connectivity index (χ1n) is 8.58. The largest absolute Gasteiger partial charge is 0.352 e. The van der Waals surface area contributed by atoms with Crippen molar-refractivity contribution < 1.29 is 13.9 Å². The Kier molecular flexibility index (Phi) is 3.89. The van der Waals surface area contributed by atoms with Gasteiger partial charge in [-0.2, -0.15) is 4.31 Å². The van der Waals surface area contributed by atoms with Gasteiger partial charge in [0.1, 0.15) is 0 Å². The fourth-order valence-electron chi connectivity index (χ4n) is 5.40. The zero-order valence-corrected chi connectivity index (χ0v) is 13.7. The third-order valence-electron chi connectivity index (χ3n) is 6.11. The molecule has 7 heteroatoms. The Morgan fingerprint density at radius 2 is 1.77 bits per heavy atom. The molecule has 4 saturated carbocycles. The lowest BCUT2D eigenvalue weighted by molar-refractivity contribution is -0.125. The minimum absolute atomic E-state index is 0.0545. The fraction of sp³-hybridized carbons (Fsp3) is 0.933. The molecule has 0 spiro atoms. The highest BCUT2D eigenvalue weighted by atomic mass is 32.3. The van der Waals surface area contributed by atoms with Crippen molar-refractivity contribution in [3.63, 3.8) is 0 Å². The van der Waals surface area contributed by atoms with Gasteiger partial charge in [0.25, 0.3) is 0 Å². The van der Waals surface area contributed by atoms with Crippen molar-refractivity contribution in [3.05, 3.63) is 0 Å². The fourth-order valence-corrected chi connectivity index (χ4v) is 6.69. The summed E-state index contributed by atoms with van der Waals surface area (Å²) in [5, 5.41) is 3.23. The minimum Gasteiger partial charge on any atom is -0.352 e. The summed E-state index contributed by atoms with van der Waals surface area (Å²) in [4.78, 5) is 12.4. The second-order valence-electron chi connectivity index (χ2n) is 7.65. The van der Waals surface area contributed by atoms with Crippen LogP contribution in [0.5, 0.6) is 0 Å². The van der Waals surface area contributed by atoms with Gasteiger partial charge in [-0.3, -0.25) is 13.9 Å². The molecule has 0 aromatic carbocycles. The van der Waals surface area contributed by atoms with E-state index in [2.05, 4.69) is 10.0 Å². The van der Waals surface area contributed by atoms with Gasteiger partial charge in [0, 0.05) is 19.1 Å². The van der Waals surface area contributed by atoms with Crippen LogP contribution in [-0.4, -0.2) is 45.0 Å². The van der Waals surface area contributed by atoms with E-state index in [9.17, 15) is 13.9 Å². The van der Waals surface area contributed by atoms with Gasteiger partial charge in [0.15, 0.2) is 0 Å². The number of nitrogens with zero attached hydrogens (tertiary/aromatic N) is 1. The van der Waals surface area contributed by atoms with Crippen molar-refractivity contribution in [2.45, 2.75) is 44.6 Å². The molecule has 0 unspecified atom stereocenters. The molecule has 1 amide bonds. The normalized spacial score (nSPS) is 44.7. The van der Waals surface area contributed by atoms with Crippen molar-refractivity contribution in [2.24, 2.45) is 23.7 Å². The Bertz CT molecular complexity index is 431. The van der Waals surface area contributed by atoms with Crippen LogP contribution in [-0.2, 0) is 4.79 Å². The lowest BCUT2D eigenvalue weighted by Crippen LogP contribution is -2.57. The van der Waals surface area contributed by atoms with Crippen LogP contribution in [0.1, 0.15) is 38.5 Å². The van der Waals surface area contributed by atoms with Crippen LogP contribution in [0.2, 0.25) is 0 Å². The molecule has 4 aliphatic carbocycles. The number of nitrogens with one attached hydrogen (secondary N) is 2. The van der Waals surface area contributed by atoms with Crippen molar-refractivity contribution in [3.8, 4) is 0 Å². The molecule has 0 radical (unpaired) electrons. The second-order valence-corrected chi connectivity index (χ2v) is 9.50. The summed E-state index contributed by atoms with van der Waals surface area (Å²) in [6.07, 6.45) is 7.35. The van der Waals surface area contributed by atoms with Crippen molar-refractivity contribution in [2.75, 3.05) is 19.6 Å². The standard InChI is InChI=1S/C15H27N3O3S/c19-14(9-18-3-1-2-16-22(18,20)21)17-15-12-5-10-4-11(7-12)8-13(15)6-10/h10-13,15-16,20-21H,1-9H2,(H,17,19). The molecule has 0 atom stereocenters. The summed E-state index contributed by atoms with van der Waals surface area (Å²) in [6.45, 7) is 1.23. The van der Waals surface area contributed by atoms with Crippen LogP contribution in [0.15, 0.2) is 0 Å². The molecule has 22 heavy (non-hydrogen) atoms. The number of carbonyl (C=O) groups excluding carboxylic acids is 1. The molecule has 126 valence electrons. The monoisotopic (exact) mass is 329 g/mol. The van der Waals surface area contributed by atoms with Gasteiger partial charge in [-0.25, -0.2) is 4.72 Å². The molecule has 1 aliphatic heterocycles. The number of amides is 1. The second kappa shape index (κ2) is 5.63. The molecule has 0 aromatic rings. The number of carbonyl (C=O) groups is 1. The Morgan fingerprint density at radius 1 is 1.14 bits per heavy atom. The van der Waals surface area contributed by atoms with Crippen molar-refractivity contribution in [1.82, 2.24) is 14.3 Å². The zero-order chi connectivity index (χ0) is 15.3. The molecular formula is C15H27N3O3S. The lowest BCUT2D eigenvalue weighted by atomic mass is 9.54. The molecule has 5 rings (SSSR count). The van der Waals surface area contributed by atoms with Crippen molar-refractivity contribution in [1.29, 1.82) is 0 Å². The summed E-state index contributed by atoms with van der Waals surface area (Å²) >= 11 is 0. The Morgan fingerprint density at radius 3 is 2.36 bits per heavy atom. The summed E-state index contributed by atoms with van der Waals surface area (Å²) < 4.78 is 24.1. The van der Waals surface area contributed by atoms with E-state index < -0.39 is 11.0 Å². The first-order chi connectivity index (χ1) is 10.5. The van der Waals surface area contributed by atoms with Gasteiger partial charge in [0.2, 0.25) is 5.91 Å². The molecule has 4 N–H and O–H groups in total. The van der Waals surface area contributed by atoms with E-state index in [1.807, 2.05) is 0 Å². The van der Waals surface area contributed by atoms with E-state index in [0.717, 1.165) is 18.3 Å². The topological polar surface area (TPSA) is 84.8 Å². The highest BCUT2D eigenvalue weighted by molar-refractivity contribution is 8.20. The number of hydrogen-bond donors (Lipinski definition) is 4. The first-order valence-corrected chi connectivity index (χ1v) is 10.1. The lowest BCUT2D eigenvalue weighted by Gasteiger charge is -2.54. The summed E-state index contributed by atoms with van der Waals surface area (Å²) in [7, 11) is -2.96. The minimum atomic E-state index is -2.96. The smallest absolute Gasteiger partial charge is 0.236 e. The van der Waals surface area contributed by atoms with E-state index in [1.54, 1.807) is 0 Å². The van der Waals surface area contributed by atoms with Crippen LogP contribution < -0.4 is 10.0 Å². The summed E-state index contributed by atoms with van der Waals surface area (Å²) in [6, 6.07) is 0.319. The molecule has 5 aliphatic rings.